The normalized spacial score (nSPS) is 13.2. The zero-order valence-corrected chi connectivity index (χ0v) is 17.6. The Labute approximate surface area is 185 Å². The van der Waals surface area contributed by atoms with Gasteiger partial charge in [-0.15, -0.1) is 13.2 Å². The quantitative estimate of drug-likeness (QED) is 0.341. The van der Waals surface area contributed by atoms with Gasteiger partial charge in [-0.05, 0) is 49.4 Å². The Morgan fingerprint density at radius 2 is 1.72 bits per heavy atom. The van der Waals surface area contributed by atoms with Crippen molar-refractivity contribution in [1.82, 2.24) is 9.55 Å². The lowest BCUT2D eigenvalue weighted by Gasteiger charge is -2.17. The van der Waals surface area contributed by atoms with Gasteiger partial charge < -0.3 is 14.4 Å². The second-order valence-corrected chi connectivity index (χ2v) is 7.50. The molecule has 0 aliphatic carbocycles. The SMILES string of the molecule is Cc1nc(C(F)(F)F)cn1-c1ccc(Br)cc1C(O)C(=O)c1ccc(OC(F)(F)F)cc1. The van der Waals surface area contributed by atoms with Gasteiger partial charge in [0.05, 0.1) is 5.69 Å². The lowest BCUT2D eigenvalue weighted by Crippen LogP contribution is -2.17. The molecular formula is C20H13BrF6N2O3. The molecule has 12 heteroatoms. The molecule has 0 amide bonds. The van der Waals surface area contributed by atoms with Crippen molar-refractivity contribution in [2.45, 2.75) is 25.6 Å². The standard InChI is InChI=1S/C20H13BrF6N2O3/c1-10-28-16(19(22,23)24)9-29(10)15-7-4-12(21)8-14(15)18(31)17(30)11-2-5-13(6-3-11)32-20(25,26)27/h2-9,18,31H,1H3. The van der Waals surface area contributed by atoms with Gasteiger partial charge in [0.2, 0.25) is 0 Å². The minimum Gasteiger partial charge on any atom is -0.406 e. The van der Waals surface area contributed by atoms with Gasteiger partial charge in [0.15, 0.2) is 11.5 Å². The van der Waals surface area contributed by atoms with Gasteiger partial charge in [-0.3, -0.25) is 4.79 Å². The van der Waals surface area contributed by atoms with Gasteiger partial charge in [0.1, 0.15) is 17.7 Å². The van der Waals surface area contributed by atoms with E-state index in [-0.39, 0.29) is 22.6 Å². The van der Waals surface area contributed by atoms with Crippen LogP contribution < -0.4 is 4.74 Å². The summed E-state index contributed by atoms with van der Waals surface area (Å²) in [5.41, 5.74) is -1.23. The highest BCUT2D eigenvalue weighted by atomic mass is 79.9. The zero-order valence-electron chi connectivity index (χ0n) is 16.0. The molecule has 5 nitrogen and oxygen atoms in total. The maximum atomic E-state index is 13.0. The zero-order chi connectivity index (χ0) is 23.8. The van der Waals surface area contributed by atoms with Crippen LogP contribution in [-0.4, -0.2) is 26.8 Å². The molecule has 0 aliphatic heterocycles. The second kappa shape index (κ2) is 8.58. The number of aliphatic hydroxyl groups is 1. The number of hydrogen-bond acceptors (Lipinski definition) is 4. The number of carbonyl (C=O) groups is 1. The molecule has 32 heavy (non-hydrogen) atoms. The van der Waals surface area contributed by atoms with Gasteiger partial charge in [-0.1, -0.05) is 15.9 Å². The van der Waals surface area contributed by atoms with Crippen molar-refractivity contribution >= 4 is 21.7 Å². The minimum absolute atomic E-state index is 0.0331. The number of ether oxygens (including phenoxy) is 1. The van der Waals surface area contributed by atoms with Crippen LogP contribution >= 0.6 is 15.9 Å². The van der Waals surface area contributed by atoms with Gasteiger partial charge in [-0.2, -0.15) is 13.2 Å². The molecule has 0 aliphatic rings. The lowest BCUT2D eigenvalue weighted by molar-refractivity contribution is -0.274. The number of benzene rings is 2. The molecule has 1 unspecified atom stereocenters. The van der Waals surface area contributed by atoms with E-state index in [1.165, 1.54) is 25.1 Å². The average molecular weight is 523 g/mol. The fourth-order valence-electron chi connectivity index (χ4n) is 2.94. The summed E-state index contributed by atoms with van der Waals surface area (Å²) in [5, 5.41) is 10.7. The number of aliphatic hydroxyl groups excluding tert-OH is 1. The van der Waals surface area contributed by atoms with Crippen LogP contribution in [0.1, 0.15) is 33.5 Å². The predicted octanol–water partition coefficient (Wildman–Crippen LogP) is 5.78. The van der Waals surface area contributed by atoms with E-state index in [0.717, 1.165) is 35.0 Å². The van der Waals surface area contributed by atoms with Crippen LogP contribution in [0.4, 0.5) is 26.3 Å². The highest BCUT2D eigenvalue weighted by molar-refractivity contribution is 9.10. The van der Waals surface area contributed by atoms with Crippen LogP contribution in [0, 0.1) is 6.92 Å². The van der Waals surface area contributed by atoms with Crippen LogP contribution in [0.2, 0.25) is 0 Å². The Kier molecular flexibility index (Phi) is 6.38. The van der Waals surface area contributed by atoms with Crippen molar-refractivity contribution in [3.8, 4) is 11.4 Å². The first-order chi connectivity index (χ1) is 14.8. The highest BCUT2D eigenvalue weighted by Crippen LogP contribution is 2.33. The maximum Gasteiger partial charge on any atom is 0.573 e. The number of ketones is 1. The number of rotatable bonds is 5. The monoisotopic (exact) mass is 522 g/mol. The molecule has 3 aromatic rings. The number of aromatic nitrogens is 2. The summed E-state index contributed by atoms with van der Waals surface area (Å²) in [7, 11) is 0. The molecule has 1 N–H and O–H groups in total. The molecule has 1 heterocycles. The van der Waals surface area contributed by atoms with E-state index in [1.807, 2.05) is 0 Å². The molecule has 0 radical (unpaired) electrons. The smallest absolute Gasteiger partial charge is 0.406 e. The number of Topliss-reactive ketones (excluding diaryl/α,β-unsaturated/α-hetero) is 1. The number of hydrogen-bond donors (Lipinski definition) is 1. The third-order valence-electron chi connectivity index (χ3n) is 4.34. The minimum atomic E-state index is -4.91. The lowest BCUT2D eigenvalue weighted by atomic mass is 9.98. The van der Waals surface area contributed by atoms with E-state index in [0.29, 0.717) is 4.47 Å². The van der Waals surface area contributed by atoms with Crippen molar-refractivity contribution in [3.05, 3.63) is 75.8 Å². The number of nitrogens with zero attached hydrogens (tertiary/aromatic N) is 2. The van der Waals surface area contributed by atoms with Gasteiger partial charge in [-0.25, -0.2) is 4.98 Å². The Morgan fingerprint density at radius 3 is 2.25 bits per heavy atom. The van der Waals surface area contributed by atoms with E-state index in [1.54, 1.807) is 0 Å². The molecule has 3 rings (SSSR count). The van der Waals surface area contributed by atoms with Gasteiger partial charge in [0, 0.05) is 21.8 Å². The molecule has 1 atom stereocenters. The highest BCUT2D eigenvalue weighted by Gasteiger charge is 2.35. The fourth-order valence-corrected chi connectivity index (χ4v) is 3.32. The maximum absolute atomic E-state index is 13.0. The van der Waals surface area contributed by atoms with E-state index < -0.39 is 35.9 Å². The summed E-state index contributed by atoms with van der Waals surface area (Å²) in [6.07, 6.45) is -10.7. The first-order valence-electron chi connectivity index (χ1n) is 8.77. The Bertz CT molecular complexity index is 1140. The van der Waals surface area contributed by atoms with E-state index in [4.69, 9.17) is 0 Å². The van der Waals surface area contributed by atoms with E-state index in [9.17, 15) is 36.2 Å². The van der Waals surface area contributed by atoms with Crippen LogP contribution in [0.15, 0.2) is 53.1 Å². The van der Waals surface area contributed by atoms with Crippen molar-refractivity contribution < 1.29 is 41.0 Å². The average Bonchev–Trinajstić information content (AvgIpc) is 3.08. The fraction of sp³-hybridized carbons (Fsp3) is 0.200. The molecule has 0 spiro atoms. The van der Waals surface area contributed by atoms with Crippen LogP contribution in [0.3, 0.4) is 0 Å². The third-order valence-corrected chi connectivity index (χ3v) is 4.83. The van der Waals surface area contributed by atoms with E-state index >= 15 is 0 Å². The van der Waals surface area contributed by atoms with Crippen LogP contribution in [0.5, 0.6) is 5.75 Å². The van der Waals surface area contributed by atoms with Crippen molar-refractivity contribution in [3.63, 3.8) is 0 Å². The second-order valence-electron chi connectivity index (χ2n) is 6.58. The molecule has 0 saturated heterocycles. The Balaban J connectivity index is 1.97. The molecule has 0 saturated carbocycles. The predicted molar refractivity (Wildman–Crippen MR) is 103 cm³/mol. The number of carbonyl (C=O) groups excluding carboxylic acids is 1. The summed E-state index contributed by atoms with van der Waals surface area (Å²) in [5.74, 6) is -1.47. The number of halogens is 7. The molecule has 0 bridgehead atoms. The first-order valence-corrected chi connectivity index (χ1v) is 9.56. The summed E-state index contributed by atoms with van der Waals surface area (Å²) in [6.45, 7) is 1.33. The summed E-state index contributed by atoms with van der Waals surface area (Å²) >= 11 is 3.19. The molecule has 1 aromatic heterocycles. The van der Waals surface area contributed by atoms with Gasteiger partial charge in [0.25, 0.3) is 0 Å². The number of aryl methyl sites for hydroxylation is 1. The Hall–Kier alpha value is -2.86. The summed E-state index contributed by atoms with van der Waals surface area (Å²) in [6, 6.07) is 8.14. The largest absolute Gasteiger partial charge is 0.573 e. The van der Waals surface area contributed by atoms with Crippen LogP contribution in [0.25, 0.3) is 5.69 Å². The van der Waals surface area contributed by atoms with Crippen molar-refractivity contribution in [2.24, 2.45) is 0 Å². The van der Waals surface area contributed by atoms with E-state index in [2.05, 4.69) is 25.7 Å². The van der Waals surface area contributed by atoms with Crippen molar-refractivity contribution in [2.75, 3.05) is 0 Å². The summed E-state index contributed by atoms with van der Waals surface area (Å²) < 4.78 is 81.2. The topological polar surface area (TPSA) is 64.3 Å². The van der Waals surface area contributed by atoms with Crippen LogP contribution in [-0.2, 0) is 6.18 Å². The molecule has 170 valence electrons. The molecular weight excluding hydrogens is 510 g/mol. The Morgan fingerprint density at radius 1 is 1.09 bits per heavy atom. The number of imidazole rings is 1. The molecule has 2 aromatic carbocycles. The molecule has 0 fully saturated rings. The van der Waals surface area contributed by atoms with Crippen molar-refractivity contribution in [1.29, 1.82) is 0 Å². The number of alkyl halides is 6. The summed E-state index contributed by atoms with van der Waals surface area (Å²) in [4.78, 5) is 16.2. The first kappa shape index (κ1) is 23.8. The van der Waals surface area contributed by atoms with Gasteiger partial charge >= 0.3 is 12.5 Å². The third kappa shape index (κ3) is 5.30.